The molecule has 0 aliphatic heterocycles. The van der Waals surface area contributed by atoms with Crippen molar-refractivity contribution in [2.75, 3.05) is 0 Å². The molecule has 0 atom stereocenters. The van der Waals surface area contributed by atoms with Gasteiger partial charge in [0.1, 0.15) is 17.7 Å². The highest BCUT2D eigenvalue weighted by molar-refractivity contribution is 5.41. The lowest BCUT2D eigenvalue weighted by molar-refractivity contribution is -0.0208. The molecule has 0 amide bonds. The van der Waals surface area contributed by atoms with Crippen LogP contribution in [0.4, 0.5) is 0 Å². The second-order valence-corrected chi connectivity index (χ2v) is 6.24. The van der Waals surface area contributed by atoms with Crippen molar-refractivity contribution < 1.29 is 0 Å². The Morgan fingerprint density at radius 3 is 1.76 bits per heavy atom. The molecule has 0 unspecified atom stereocenters. The van der Waals surface area contributed by atoms with E-state index in [2.05, 4.69) is 12.1 Å². The standard InChI is InChI=1S/C15H18N2/c1-9(14(7-16)8-17)15-12-3-10-2-11(5-12)6-13(15)4-10/h10-13,15H,2-6H2,1H3. The summed E-state index contributed by atoms with van der Waals surface area (Å²) in [6.07, 6.45) is 6.84. The smallest absolute Gasteiger partial charge is 0.128 e. The molecule has 2 heteroatoms. The van der Waals surface area contributed by atoms with E-state index in [-0.39, 0.29) is 0 Å². The molecule has 0 aromatic carbocycles. The minimum Gasteiger partial charge on any atom is -0.192 e. The fourth-order valence-corrected chi connectivity index (χ4v) is 5.00. The lowest BCUT2D eigenvalue weighted by atomic mass is 9.50. The molecule has 4 aliphatic carbocycles. The average molecular weight is 226 g/mol. The second kappa shape index (κ2) is 3.88. The number of allylic oxidation sites excluding steroid dienone is 2. The van der Waals surface area contributed by atoms with Crippen molar-refractivity contribution >= 4 is 0 Å². The molecule has 0 aromatic heterocycles. The molecule has 4 aliphatic rings. The van der Waals surface area contributed by atoms with Crippen LogP contribution in [0.15, 0.2) is 11.1 Å². The molecule has 0 N–H and O–H groups in total. The molecule has 0 radical (unpaired) electrons. The van der Waals surface area contributed by atoms with Gasteiger partial charge in [0, 0.05) is 0 Å². The number of rotatable bonds is 1. The van der Waals surface area contributed by atoms with E-state index in [1.54, 1.807) is 0 Å². The highest BCUT2D eigenvalue weighted by Gasteiger charge is 2.48. The molecule has 4 bridgehead atoms. The Balaban J connectivity index is 1.93. The molecule has 4 fully saturated rings. The van der Waals surface area contributed by atoms with Gasteiger partial charge in [-0.2, -0.15) is 10.5 Å². The maximum absolute atomic E-state index is 9.02. The summed E-state index contributed by atoms with van der Waals surface area (Å²) >= 11 is 0. The predicted octanol–water partition coefficient (Wildman–Crippen LogP) is 3.42. The van der Waals surface area contributed by atoms with Crippen molar-refractivity contribution in [3.8, 4) is 12.1 Å². The highest BCUT2D eigenvalue weighted by Crippen LogP contribution is 2.58. The number of nitriles is 2. The maximum atomic E-state index is 9.02. The van der Waals surface area contributed by atoms with Gasteiger partial charge in [-0.15, -0.1) is 0 Å². The van der Waals surface area contributed by atoms with Crippen LogP contribution in [0.1, 0.15) is 39.0 Å². The van der Waals surface area contributed by atoms with E-state index in [9.17, 15) is 0 Å². The Morgan fingerprint density at radius 2 is 1.35 bits per heavy atom. The van der Waals surface area contributed by atoms with Crippen molar-refractivity contribution in [1.82, 2.24) is 0 Å². The lowest BCUT2D eigenvalue weighted by Gasteiger charge is -2.54. The summed E-state index contributed by atoms with van der Waals surface area (Å²) in [5.74, 6) is 3.98. The van der Waals surface area contributed by atoms with E-state index < -0.39 is 0 Å². The van der Waals surface area contributed by atoms with Crippen LogP contribution in [-0.4, -0.2) is 0 Å². The SMILES string of the molecule is CC(=C(C#N)C#N)C1C2CC3CC(C2)CC1C3. The Labute approximate surface area is 103 Å². The van der Waals surface area contributed by atoms with Crippen LogP contribution in [0.25, 0.3) is 0 Å². The molecular weight excluding hydrogens is 208 g/mol. The molecule has 4 saturated carbocycles. The zero-order chi connectivity index (χ0) is 12.0. The largest absolute Gasteiger partial charge is 0.192 e. The van der Waals surface area contributed by atoms with Crippen molar-refractivity contribution in [1.29, 1.82) is 10.5 Å². The van der Waals surface area contributed by atoms with Crippen LogP contribution in [0.5, 0.6) is 0 Å². The van der Waals surface area contributed by atoms with E-state index in [0.717, 1.165) is 29.2 Å². The average Bonchev–Trinajstić information content (AvgIpc) is 2.29. The van der Waals surface area contributed by atoms with Crippen molar-refractivity contribution in [2.45, 2.75) is 39.0 Å². The topological polar surface area (TPSA) is 47.6 Å². The molecule has 0 spiro atoms. The van der Waals surface area contributed by atoms with E-state index in [4.69, 9.17) is 10.5 Å². The Morgan fingerprint density at radius 1 is 0.882 bits per heavy atom. The van der Waals surface area contributed by atoms with Crippen molar-refractivity contribution in [3.63, 3.8) is 0 Å². The molecule has 2 nitrogen and oxygen atoms in total. The normalized spacial score (nSPS) is 41.7. The van der Waals surface area contributed by atoms with Gasteiger partial charge in [0.25, 0.3) is 0 Å². The quantitative estimate of drug-likeness (QED) is 0.643. The van der Waals surface area contributed by atoms with Gasteiger partial charge in [-0.3, -0.25) is 0 Å². The summed E-state index contributed by atoms with van der Waals surface area (Å²) in [6, 6.07) is 4.16. The molecule has 0 aromatic rings. The van der Waals surface area contributed by atoms with Gasteiger partial charge in [-0.25, -0.2) is 0 Å². The van der Waals surface area contributed by atoms with Crippen LogP contribution < -0.4 is 0 Å². The van der Waals surface area contributed by atoms with Crippen molar-refractivity contribution in [3.05, 3.63) is 11.1 Å². The first-order valence-corrected chi connectivity index (χ1v) is 6.74. The van der Waals surface area contributed by atoms with Crippen LogP contribution in [-0.2, 0) is 0 Å². The predicted molar refractivity (Wildman–Crippen MR) is 64.5 cm³/mol. The monoisotopic (exact) mass is 226 g/mol. The fourth-order valence-electron chi connectivity index (χ4n) is 5.00. The Bertz CT molecular complexity index is 403. The number of hydrogen-bond acceptors (Lipinski definition) is 2. The number of nitrogens with zero attached hydrogens (tertiary/aromatic N) is 2. The highest BCUT2D eigenvalue weighted by atomic mass is 14.5. The van der Waals surface area contributed by atoms with Crippen LogP contribution in [0.2, 0.25) is 0 Å². The van der Waals surface area contributed by atoms with E-state index in [1.807, 2.05) is 6.92 Å². The zero-order valence-electron chi connectivity index (χ0n) is 10.3. The van der Waals surface area contributed by atoms with Gasteiger partial charge in [0.15, 0.2) is 0 Å². The van der Waals surface area contributed by atoms with E-state index >= 15 is 0 Å². The third-order valence-electron chi connectivity index (χ3n) is 5.34. The molecule has 88 valence electrons. The maximum Gasteiger partial charge on any atom is 0.128 e. The minimum absolute atomic E-state index is 0.377. The van der Waals surface area contributed by atoms with Gasteiger partial charge in [0.05, 0.1) is 0 Å². The zero-order valence-corrected chi connectivity index (χ0v) is 10.3. The molecule has 0 heterocycles. The summed E-state index contributed by atoms with van der Waals surface area (Å²) < 4.78 is 0. The lowest BCUT2D eigenvalue weighted by Crippen LogP contribution is -2.45. The van der Waals surface area contributed by atoms with Gasteiger partial charge in [0.2, 0.25) is 0 Å². The van der Waals surface area contributed by atoms with Gasteiger partial charge in [-0.05, 0) is 74.2 Å². The van der Waals surface area contributed by atoms with Crippen LogP contribution in [0.3, 0.4) is 0 Å². The Kier molecular flexibility index (Phi) is 2.48. The third kappa shape index (κ3) is 1.59. The first-order chi connectivity index (χ1) is 8.22. The molecular formula is C15H18N2. The molecule has 4 rings (SSSR count). The first kappa shape index (κ1) is 10.8. The first-order valence-electron chi connectivity index (χ1n) is 6.74. The van der Waals surface area contributed by atoms with Crippen molar-refractivity contribution in [2.24, 2.45) is 29.6 Å². The summed E-state index contributed by atoms with van der Waals surface area (Å²) in [6.45, 7) is 2.02. The van der Waals surface area contributed by atoms with E-state index in [0.29, 0.717) is 11.5 Å². The van der Waals surface area contributed by atoms with Crippen LogP contribution >= 0.6 is 0 Å². The second-order valence-electron chi connectivity index (χ2n) is 6.24. The van der Waals surface area contributed by atoms with Gasteiger partial charge in [-0.1, -0.05) is 0 Å². The summed E-state index contributed by atoms with van der Waals surface area (Å²) in [5, 5.41) is 18.0. The molecule has 17 heavy (non-hydrogen) atoms. The minimum atomic E-state index is 0.377. The molecule has 0 saturated heterocycles. The van der Waals surface area contributed by atoms with Gasteiger partial charge >= 0.3 is 0 Å². The van der Waals surface area contributed by atoms with Crippen LogP contribution in [0, 0.1) is 52.3 Å². The number of hydrogen-bond donors (Lipinski definition) is 0. The summed E-state index contributed by atoms with van der Waals surface area (Å²) in [5.41, 5.74) is 1.46. The summed E-state index contributed by atoms with van der Waals surface area (Å²) in [7, 11) is 0. The van der Waals surface area contributed by atoms with E-state index in [1.165, 1.54) is 32.1 Å². The van der Waals surface area contributed by atoms with Gasteiger partial charge < -0.3 is 0 Å². The fraction of sp³-hybridized carbons (Fsp3) is 0.733. The third-order valence-corrected chi connectivity index (χ3v) is 5.34. The Hall–Kier alpha value is -1.28. The summed E-state index contributed by atoms with van der Waals surface area (Å²) in [4.78, 5) is 0.